The summed E-state index contributed by atoms with van der Waals surface area (Å²) in [6, 6.07) is 6.38. The fourth-order valence-electron chi connectivity index (χ4n) is 1.95. The predicted octanol–water partition coefficient (Wildman–Crippen LogP) is 2.22. The molecule has 0 bridgehead atoms. The smallest absolute Gasteiger partial charge is 0.409 e. The van der Waals surface area contributed by atoms with E-state index in [0.717, 1.165) is 18.7 Å². The summed E-state index contributed by atoms with van der Waals surface area (Å²) in [6.45, 7) is 3.42. The van der Waals surface area contributed by atoms with Crippen molar-refractivity contribution in [3.63, 3.8) is 0 Å². The molecule has 1 aliphatic rings. The number of ether oxygens (including phenoxy) is 1. The van der Waals surface area contributed by atoms with E-state index in [0.29, 0.717) is 19.7 Å². The van der Waals surface area contributed by atoms with Crippen molar-refractivity contribution in [1.82, 2.24) is 9.80 Å². The van der Waals surface area contributed by atoms with Crippen LogP contribution in [0.15, 0.2) is 30.3 Å². The van der Waals surface area contributed by atoms with E-state index in [1.54, 1.807) is 17.0 Å². The number of benzene rings is 1. The van der Waals surface area contributed by atoms with Gasteiger partial charge in [0.05, 0.1) is 6.54 Å². The molecule has 1 aliphatic heterocycles. The Balaban J connectivity index is 1.70. The van der Waals surface area contributed by atoms with Crippen molar-refractivity contribution in [2.45, 2.75) is 0 Å². The molecule has 0 N–H and O–H groups in total. The van der Waals surface area contributed by atoms with Crippen LogP contribution in [0.5, 0.6) is 0 Å². The van der Waals surface area contributed by atoms with E-state index in [1.165, 1.54) is 12.1 Å². The first-order valence-corrected chi connectivity index (χ1v) is 6.67. The molecule has 1 saturated heterocycles. The van der Waals surface area contributed by atoms with E-state index in [2.05, 4.69) is 4.90 Å². The van der Waals surface area contributed by atoms with Crippen molar-refractivity contribution in [2.75, 3.05) is 39.8 Å². The van der Waals surface area contributed by atoms with E-state index in [9.17, 15) is 9.18 Å². The Kier molecular flexibility index (Phi) is 5.12. The predicted molar refractivity (Wildman–Crippen MR) is 75.9 cm³/mol. The summed E-state index contributed by atoms with van der Waals surface area (Å²) in [5.74, 6) is -0.225. The van der Waals surface area contributed by atoms with Gasteiger partial charge < -0.3 is 14.5 Å². The van der Waals surface area contributed by atoms with Gasteiger partial charge >= 0.3 is 6.09 Å². The standard InChI is InChI=1S/C15H19FN2O2/c1-17(9-10-18-11-12-20-15(18)19)8-2-3-13-4-6-14(16)7-5-13/h2-7H,8-12H2,1H3. The molecule has 1 heterocycles. The number of rotatable bonds is 6. The van der Waals surface area contributed by atoms with E-state index in [4.69, 9.17) is 4.74 Å². The number of hydrogen-bond donors (Lipinski definition) is 0. The summed E-state index contributed by atoms with van der Waals surface area (Å²) in [5.41, 5.74) is 0.975. The molecule has 5 heteroatoms. The fourth-order valence-corrected chi connectivity index (χ4v) is 1.95. The Labute approximate surface area is 118 Å². The summed E-state index contributed by atoms with van der Waals surface area (Å²) in [4.78, 5) is 15.1. The first kappa shape index (κ1) is 14.5. The molecule has 0 aliphatic carbocycles. The minimum atomic E-state index is -0.225. The molecule has 1 fully saturated rings. The average Bonchev–Trinajstić information content (AvgIpc) is 2.84. The largest absolute Gasteiger partial charge is 0.448 e. The Morgan fingerprint density at radius 2 is 2.15 bits per heavy atom. The van der Waals surface area contributed by atoms with Gasteiger partial charge in [0.15, 0.2) is 0 Å². The van der Waals surface area contributed by atoms with Crippen LogP contribution >= 0.6 is 0 Å². The number of hydrogen-bond acceptors (Lipinski definition) is 3. The van der Waals surface area contributed by atoms with Gasteiger partial charge in [-0.1, -0.05) is 24.3 Å². The third kappa shape index (κ3) is 4.35. The monoisotopic (exact) mass is 278 g/mol. The van der Waals surface area contributed by atoms with Crippen LogP contribution in [0.25, 0.3) is 6.08 Å². The topological polar surface area (TPSA) is 32.8 Å². The van der Waals surface area contributed by atoms with Crippen molar-refractivity contribution in [3.05, 3.63) is 41.7 Å². The SMILES string of the molecule is CN(CC=Cc1ccc(F)cc1)CCN1CCOC1=O. The van der Waals surface area contributed by atoms with Crippen molar-refractivity contribution in [1.29, 1.82) is 0 Å². The number of nitrogens with zero attached hydrogens (tertiary/aromatic N) is 2. The van der Waals surface area contributed by atoms with Crippen molar-refractivity contribution in [2.24, 2.45) is 0 Å². The van der Waals surface area contributed by atoms with Gasteiger partial charge in [-0.05, 0) is 24.7 Å². The lowest BCUT2D eigenvalue weighted by Crippen LogP contribution is -2.33. The summed E-state index contributed by atoms with van der Waals surface area (Å²) in [7, 11) is 2.00. The molecule has 1 amide bonds. The Morgan fingerprint density at radius 3 is 2.80 bits per heavy atom. The second-order valence-electron chi connectivity index (χ2n) is 4.82. The normalized spacial score (nSPS) is 15.3. The van der Waals surface area contributed by atoms with Gasteiger partial charge in [-0.25, -0.2) is 9.18 Å². The Morgan fingerprint density at radius 1 is 1.40 bits per heavy atom. The molecule has 108 valence electrons. The van der Waals surface area contributed by atoms with Gasteiger partial charge in [-0.3, -0.25) is 0 Å². The lowest BCUT2D eigenvalue weighted by atomic mass is 10.2. The molecule has 0 atom stereocenters. The van der Waals surface area contributed by atoms with Crippen molar-refractivity contribution < 1.29 is 13.9 Å². The maximum atomic E-state index is 12.7. The summed E-state index contributed by atoms with van der Waals surface area (Å²) in [5, 5.41) is 0. The molecular formula is C15H19FN2O2. The zero-order chi connectivity index (χ0) is 14.4. The molecular weight excluding hydrogens is 259 g/mol. The van der Waals surface area contributed by atoms with Gasteiger partial charge in [0.1, 0.15) is 12.4 Å². The van der Waals surface area contributed by atoms with Crippen LogP contribution in [0.3, 0.4) is 0 Å². The summed E-state index contributed by atoms with van der Waals surface area (Å²) < 4.78 is 17.6. The zero-order valence-electron chi connectivity index (χ0n) is 11.6. The van der Waals surface area contributed by atoms with Crippen molar-refractivity contribution >= 4 is 12.2 Å². The van der Waals surface area contributed by atoms with Crippen LogP contribution in [0, 0.1) is 5.82 Å². The van der Waals surface area contributed by atoms with Gasteiger partial charge in [0.25, 0.3) is 0 Å². The van der Waals surface area contributed by atoms with Gasteiger partial charge in [-0.2, -0.15) is 0 Å². The number of likely N-dealkylation sites (N-methyl/N-ethyl adjacent to an activating group) is 1. The summed E-state index contributed by atoms with van der Waals surface area (Å²) in [6.07, 6.45) is 3.76. The lowest BCUT2D eigenvalue weighted by molar-refractivity contribution is 0.156. The Bertz CT molecular complexity index is 473. The summed E-state index contributed by atoms with van der Waals surface area (Å²) >= 11 is 0. The molecule has 0 radical (unpaired) electrons. The zero-order valence-corrected chi connectivity index (χ0v) is 11.6. The van der Waals surface area contributed by atoms with Crippen LogP contribution in [-0.4, -0.2) is 55.7 Å². The highest BCUT2D eigenvalue weighted by molar-refractivity contribution is 5.69. The minimum Gasteiger partial charge on any atom is -0.448 e. The van der Waals surface area contributed by atoms with E-state index >= 15 is 0 Å². The number of carbonyl (C=O) groups is 1. The van der Waals surface area contributed by atoms with E-state index < -0.39 is 0 Å². The third-order valence-electron chi connectivity index (χ3n) is 3.19. The second-order valence-corrected chi connectivity index (χ2v) is 4.82. The molecule has 1 aromatic rings. The highest BCUT2D eigenvalue weighted by atomic mass is 19.1. The quantitative estimate of drug-likeness (QED) is 0.800. The molecule has 0 saturated carbocycles. The third-order valence-corrected chi connectivity index (χ3v) is 3.19. The first-order chi connectivity index (χ1) is 9.65. The van der Waals surface area contributed by atoms with Crippen LogP contribution in [0.4, 0.5) is 9.18 Å². The molecule has 1 aromatic carbocycles. The number of cyclic esters (lactones) is 1. The van der Waals surface area contributed by atoms with Gasteiger partial charge in [0, 0.05) is 19.6 Å². The van der Waals surface area contributed by atoms with Gasteiger partial charge in [-0.15, -0.1) is 0 Å². The minimum absolute atomic E-state index is 0.222. The maximum Gasteiger partial charge on any atom is 0.409 e. The molecule has 2 rings (SSSR count). The van der Waals surface area contributed by atoms with Gasteiger partial charge in [0.2, 0.25) is 0 Å². The lowest BCUT2D eigenvalue weighted by Gasteiger charge is -2.18. The second kappa shape index (κ2) is 7.05. The van der Waals surface area contributed by atoms with E-state index in [1.807, 2.05) is 19.2 Å². The fraction of sp³-hybridized carbons (Fsp3) is 0.400. The van der Waals surface area contributed by atoms with Crippen LogP contribution < -0.4 is 0 Å². The number of carbonyl (C=O) groups excluding carboxylic acids is 1. The number of amides is 1. The number of halogens is 1. The van der Waals surface area contributed by atoms with Crippen LogP contribution in [0.2, 0.25) is 0 Å². The van der Waals surface area contributed by atoms with Crippen LogP contribution in [0.1, 0.15) is 5.56 Å². The molecule has 0 unspecified atom stereocenters. The highest BCUT2D eigenvalue weighted by Crippen LogP contribution is 2.05. The van der Waals surface area contributed by atoms with E-state index in [-0.39, 0.29) is 11.9 Å². The average molecular weight is 278 g/mol. The highest BCUT2D eigenvalue weighted by Gasteiger charge is 2.21. The molecule has 0 aromatic heterocycles. The van der Waals surface area contributed by atoms with Crippen molar-refractivity contribution in [3.8, 4) is 0 Å². The maximum absolute atomic E-state index is 12.7. The van der Waals surface area contributed by atoms with Crippen LogP contribution in [-0.2, 0) is 4.74 Å². The molecule has 0 spiro atoms. The Hall–Kier alpha value is -1.88. The molecule has 4 nitrogen and oxygen atoms in total. The first-order valence-electron chi connectivity index (χ1n) is 6.67. The molecule has 20 heavy (non-hydrogen) atoms.